The molecule has 0 amide bonds. The van der Waals surface area contributed by atoms with Gasteiger partial charge in [0.25, 0.3) is 6.02 Å². The van der Waals surface area contributed by atoms with Crippen LogP contribution in [0.15, 0.2) is 35.6 Å². The highest BCUT2D eigenvalue weighted by Crippen LogP contribution is 2.40. The van der Waals surface area contributed by atoms with Crippen molar-refractivity contribution >= 4 is 22.7 Å². The molecular weight excluding hydrogens is 439 g/mol. The Bertz CT molecular complexity index is 1190. The lowest BCUT2D eigenvalue weighted by atomic mass is 9.93. The summed E-state index contributed by atoms with van der Waals surface area (Å²) in [4.78, 5) is 10.2. The van der Waals surface area contributed by atoms with Crippen molar-refractivity contribution in [3.8, 4) is 11.5 Å². The first-order chi connectivity index (χ1) is 15.1. The van der Waals surface area contributed by atoms with E-state index in [1.165, 1.54) is 6.20 Å². The van der Waals surface area contributed by atoms with Gasteiger partial charge in [-0.15, -0.1) is 0 Å². The number of anilines is 1. The fourth-order valence-electron chi connectivity index (χ4n) is 3.04. The molecule has 3 heterocycles. The normalized spacial score (nSPS) is 18.9. The fourth-order valence-corrected chi connectivity index (χ4v) is 3.04. The van der Waals surface area contributed by atoms with Crippen LogP contribution in [-0.4, -0.2) is 40.9 Å². The van der Waals surface area contributed by atoms with Crippen LogP contribution in [0.25, 0.3) is 11.0 Å². The van der Waals surface area contributed by atoms with Crippen LogP contribution in [0.2, 0.25) is 0 Å². The molecule has 0 radical (unpaired) electrons. The maximum atomic E-state index is 14.6. The molecule has 1 aliphatic rings. The zero-order chi connectivity index (χ0) is 23.1. The lowest BCUT2D eigenvalue weighted by molar-refractivity contribution is -0.136. The summed E-state index contributed by atoms with van der Waals surface area (Å²) >= 11 is 0. The molecule has 1 aromatic carbocycles. The third-order valence-electron chi connectivity index (χ3n) is 4.87. The van der Waals surface area contributed by atoms with E-state index in [2.05, 4.69) is 20.3 Å². The Morgan fingerprint density at radius 3 is 2.69 bits per heavy atom. The van der Waals surface area contributed by atoms with Crippen LogP contribution in [0.5, 0.6) is 11.5 Å². The van der Waals surface area contributed by atoms with Gasteiger partial charge in [0.1, 0.15) is 18.0 Å². The van der Waals surface area contributed by atoms with Gasteiger partial charge in [-0.25, -0.2) is 18.8 Å². The molecule has 3 aromatic rings. The topological polar surface area (TPSA) is 91.8 Å². The zero-order valence-electron chi connectivity index (χ0n) is 16.6. The van der Waals surface area contributed by atoms with Crippen LogP contribution >= 0.6 is 0 Å². The SMILES string of the molecule is CC1(CO)CN=C(Nc2cc(F)c(Oc3ccnc4[nH]cc(C(F)(F)F)c34)cc2F)OC1. The number of fused-ring (bicyclic) bond motifs is 1. The third-order valence-corrected chi connectivity index (χ3v) is 4.87. The number of aliphatic hydroxyl groups excluding tert-OH is 1. The van der Waals surface area contributed by atoms with Gasteiger partial charge in [-0.1, -0.05) is 6.92 Å². The van der Waals surface area contributed by atoms with E-state index >= 15 is 0 Å². The van der Waals surface area contributed by atoms with Crippen LogP contribution in [0.1, 0.15) is 12.5 Å². The number of nitrogens with zero attached hydrogens (tertiary/aromatic N) is 2. The number of H-pyrrole nitrogens is 1. The first-order valence-electron chi connectivity index (χ1n) is 9.35. The lowest BCUT2D eigenvalue weighted by Crippen LogP contribution is -2.38. The maximum Gasteiger partial charge on any atom is 0.418 e. The summed E-state index contributed by atoms with van der Waals surface area (Å²) in [7, 11) is 0. The van der Waals surface area contributed by atoms with Crippen LogP contribution in [-0.2, 0) is 10.9 Å². The van der Waals surface area contributed by atoms with Gasteiger partial charge in [0, 0.05) is 29.9 Å². The van der Waals surface area contributed by atoms with Gasteiger partial charge in [0.2, 0.25) is 0 Å². The number of alkyl halides is 3. The number of halogens is 5. The number of ether oxygens (including phenoxy) is 2. The number of pyridine rings is 1. The van der Waals surface area contributed by atoms with Crippen molar-refractivity contribution in [1.29, 1.82) is 0 Å². The molecule has 0 aliphatic carbocycles. The molecule has 0 bridgehead atoms. The van der Waals surface area contributed by atoms with Crippen LogP contribution in [0, 0.1) is 17.0 Å². The van der Waals surface area contributed by atoms with Gasteiger partial charge in [-0.05, 0) is 6.07 Å². The van der Waals surface area contributed by atoms with E-state index in [-0.39, 0.29) is 42.9 Å². The van der Waals surface area contributed by atoms with Gasteiger partial charge in [-0.2, -0.15) is 13.2 Å². The van der Waals surface area contributed by atoms with Crippen molar-refractivity contribution in [2.24, 2.45) is 10.4 Å². The summed E-state index contributed by atoms with van der Waals surface area (Å²) < 4.78 is 79.6. The second kappa shape index (κ2) is 7.93. The van der Waals surface area contributed by atoms with Crippen molar-refractivity contribution in [2.45, 2.75) is 13.1 Å². The number of aromatic nitrogens is 2. The van der Waals surface area contributed by atoms with Crippen molar-refractivity contribution in [3.63, 3.8) is 0 Å². The highest BCUT2D eigenvalue weighted by atomic mass is 19.4. The summed E-state index contributed by atoms with van der Waals surface area (Å²) in [6.45, 7) is 1.94. The first-order valence-corrected chi connectivity index (χ1v) is 9.35. The molecular formula is C20H17F5N4O3. The molecule has 1 aliphatic heterocycles. The number of hydrogen-bond donors (Lipinski definition) is 3. The first kappa shape index (κ1) is 21.8. The molecule has 7 nitrogen and oxygen atoms in total. The average molecular weight is 456 g/mol. The molecule has 12 heteroatoms. The summed E-state index contributed by atoms with van der Waals surface area (Å²) in [6, 6.07) is 2.54. The molecule has 0 fully saturated rings. The van der Waals surface area contributed by atoms with Gasteiger partial charge < -0.3 is 24.9 Å². The summed E-state index contributed by atoms with van der Waals surface area (Å²) in [5, 5.41) is 11.4. The fraction of sp³-hybridized carbons (Fsp3) is 0.300. The number of aliphatic imine (C=N–C) groups is 1. The predicted molar refractivity (Wildman–Crippen MR) is 105 cm³/mol. The number of nitrogens with one attached hydrogen (secondary N) is 2. The van der Waals surface area contributed by atoms with Crippen molar-refractivity contribution in [3.05, 3.63) is 47.8 Å². The van der Waals surface area contributed by atoms with E-state index in [0.29, 0.717) is 6.07 Å². The summed E-state index contributed by atoms with van der Waals surface area (Å²) in [5.74, 6) is -2.93. The van der Waals surface area contributed by atoms with E-state index in [4.69, 9.17) is 9.47 Å². The highest BCUT2D eigenvalue weighted by molar-refractivity contribution is 5.90. The Kier molecular flexibility index (Phi) is 5.41. The number of rotatable bonds is 4. The number of amidine groups is 1. The van der Waals surface area contributed by atoms with Crippen molar-refractivity contribution in [1.82, 2.24) is 9.97 Å². The van der Waals surface area contributed by atoms with Gasteiger partial charge in [-0.3, -0.25) is 0 Å². The largest absolute Gasteiger partial charge is 0.464 e. The Hall–Kier alpha value is -3.41. The zero-order valence-corrected chi connectivity index (χ0v) is 16.6. The maximum absolute atomic E-state index is 14.6. The van der Waals surface area contributed by atoms with Gasteiger partial charge in [0.15, 0.2) is 17.4 Å². The van der Waals surface area contributed by atoms with E-state index < -0.39 is 39.9 Å². The van der Waals surface area contributed by atoms with Crippen LogP contribution in [0.4, 0.5) is 27.6 Å². The Balaban J connectivity index is 1.61. The number of aromatic amines is 1. The molecule has 2 aromatic heterocycles. The third kappa shape index (κ3) is 4.17. The number of benzene rings is 1. The van der Waals surface area contributed by atoms with Gasteiger partial charge in [0.05, 0.1) is 29.8 Å². The minimum absolute atomic E-state index is 0.0547. The number of aliphatic hydroxyl groups is 1. The lowest BCUT2D eigenvalue weighted by Gasteiger charge is -2.30. The second-order valence-corrected chi connectivity index (χ2v) is 7.60. The van der Waals surface area contributed by atoms with Crippen LogP contribution < -0.4 is 10.1 Å². The monoisotopic (exact) mass is 456 g/mol. The van der Waals surface area contributed by atoms with Crippen molar-refractivity contribution < 1.29 is 36.5 Å². The molecule has 0 saturated carbocycles. The summed E-state index contributed by atoms with van der Waals surface area (Å²) in [6.07, 6.45) is -2.80. The summed E-state index contributed by atoms with van der Waals surface area (Å²) in [5.41, 5.74) is -2.04. The molecule has 1 atom stereocenters. The van der Waals surface area contributed by atoms with E-state index in [1.54, 1.807) is 6.92 Å². The molecule has 0 saturated heterocycles. The van der Waals surface area contributed by atoms with Crippen LogP contribution in [0.3, 0.4) is 0 Å². The van der Waals surface area contributed by atoms with Gasteiger partial charge >= 0.3 is 6.18 Å². The molecule has 3 N–H and O–H groups in total. The Labute approximate surface area is 177 Å². The molecule has 32 heavy (non-hydrogen) atoms. The molecule has 4 rings (SSSR count). The number of hydrogen-bond acceptors (Lipinski definition) is 6. The minimum Gasteiger partial charge on any atom is -0.464 e. The second-order valence-electron chi connectivity index (χ2n) is 7.60. The van der Waals surface area contributed by atoms with E-state index in [0.717, 1.165) is 18.3 Å². The Morgan fingerprint density at radius 1 is 1.25 bits per heavy atom. The standard InChI is InChI=1S/C20H17F5N4O3/c1-19(8-30)7-28-18(31-9-19)29-13-4-12(22)15(5-11(13)21)32-14-2-3-26-17-16(14)10(6-27-17)20(23,24)25/h2-6,30H,7-9H2,1H3,(H,26,27)(H,28,29). The smallest absolute Gasteiger partial charge is 0.418 e. The van der Waals surface area contributed by atoms with E-state index in [9.17, 15) is 27.1 Å². The van der Waals surface area contributed by atoms with Crippen molar-refractivity contribution in [2.75, 3.05) is 25.1 Å². The minimum atomic E-state index is -4.70. The highest BCUT2D eigenvalue weighted by Gasteiger charge is 2.35. The predicted octanol–water partition coefficient (Wildman–Crippen LogP) is 4.45. The molecule has 1 unspecified atom stereocenters. The molecule has 170 valence electrons. The average Bonchev–Trinajstić information content (AvgIpc) is 3.19. The quantitative estimate of drug-likeness (QED) is 0.505. The Morgan fingerprint density at radius 2 is 2.03 bits per heavy atom. The molecule has 0 spiro atoms. The van der Waals surface area contributed by atoms with E-state index in [1.807, 2.05) is 0 Å².